The van der Waals surface area contributed by atoms with E-state index in [1.165, 1.54) is 0 Å². The molecule has 0 atom stereocenters. The van der Waals surface area contributed by atoms with E-state index in [9.17, 15) is 0 Å². The Kier molecular flexibility index (Phi) is 3.65. The molecule has 124 valence electrons. The second kappa shape index (κ2) is 5.85. The van der Waals surface area contributed by atoms with Gasteiger partial charge < -0.3 is 0 Å². The summed E-state index contributed by atoms with van der Waals surface area (Å²) in [4.78, 5) is 9.67. The lowest BCUT2D eigenvalue weighted by atomic mass is 9.91. The summed E-state index contributed by atoms with van der Waals surface area (Å²) in [5.74, 6) is 0.945. The van der Waals surface area contributed by atoms with Gasteiger partial charge in [-0.2, -0.15) is 0 Å². The summed E-state index contributed by atoms with van der Waals surface area (Å²) in [6.07, 6.45) is 1.89. The van der Waals surface area contributed by atoms with E-state index in [-0.39, 0.29) is 5.41 Å². The Hall–Kier alpha value is -2.94. The molecule has 4 aromatic rings. The van der Waals surface area contributed by atoms with Gasteiger partial charge in [0.2, 0.25) is 0 Å². The van der Waals surface area contributed by atoms with E-state index in [1.807, 2.05) is 30.5 Å². The van der Waals surface area contributed by atoms with Crippen molar-refractivity contribution >= 4 is 11.0 Å². The van der Waals surface area contributed by atoms with E-state index in [1.54, 1.807) is 0 Å². The third-order valence-electron chi connectivity index (χ3n) is 4.33. The quantitative estimate of drug-likeness (QED) is 0.494. The number of imidazole rings is 1. The van der Waals surface area contributed by atoms with Crippen molar-refractivity contribution in [2.24, 2.45) is 0 Å². The van der Waals surface area contributed by atoms with Crippen molar-refractivity contribution in [3.05, 3.63) is 78.6 Å². The first kappa shape index (κ1) is 15.6. The maximum absolute atomic E-state index is 5.03. The van der Waals surface area contributed by atoms with E-state index < -0.39 is 0 Å². The molecule has 0 saturated carbocycles. The first-order valence-electron chi connectivity index (χ1n) is 8.54. The van der Waals surface area contributed by atoms with Crippen LogP contribution in [0, 0.1) is 0 Å². The molecule has 3 nitrogen and oxygen atoms in total. The summed E-state index contributed by atoms with van der Waals surface area (Å²) < 4.78 is 2.22. The van der Waals surface area contributed by atoms with Crippen LogP contribution in [0.5, 0.6) is 0 Å². The summed E-state index contributed by atoms with van der Waals surface area (Å²) in [6, 6.07) is 22.8. The zero-order chi connectivity index (χ0) is 17.4. The van der Waals surface area contributed by atoms with Gasteiger partial charge >= 0.3 is 0 Å². The van der Waals surface area contributed by atoms with Gasteiger partial charge in [-0.15, -0.1) is 0 Å². The number of nitrogens with zero attached hydrogens (tertiary/aromatic N) is 3. The number of benzene rings is 2. The number of pyridine rings is 1. The van der Waals surface area contributed by atoms with Crippen LogP contribution in [0.1, 0.15) is 26.5 Å². The van der Waals surface area contributed by atoms with Crippen LogP contribution in [0.15, 0.2) is 72.9 Å². The SMILES string of the molecule is CC(C)(C)c1nccc2c1nc(-c1ccccc1)n2-c1ccccc1. The molecule has 2 aromatic heterocycles. The highest BCUT2D eigenvalue weighted by Gasteiger charge is 2.23. The molecule has 0 saturated heterocycles. The average Bonchev–Trinajstić information content (AvgIpc) is 3.01. The molecule has 0 aliphatic heterocycles. The number of aromatic nitrogens is 3. The minimum Gasteiger partial charge on any atom is -0.292 e. The Morgan fingerprint density at radius 1 is 0.800 bits per heavy atom. The van der Waals surface area contributed by atoms with Crippen molar-refractivity contribution < 1.29 is 0 Å². The average molecular weight is 327 g/mol. The second-order valence-corrected chi connectivity index (χ2v) is 7.25. The molecule has 2 heterocycles. The normalized spacial score (nSPS) is 11.8. The predicted molar refractivity (Wildman–Crippen MR) is 103 cm³/mol. The van der Waals surface area contributed by atoms with Gasteiger partial charge in [0.25, 0.3) is 0 Å². The van der Waals surface area contributed by atoms with Crippen molar-refractivity contribution in [1.29, 1.82) is 0 Å². The molecule has 0 N–H and O–H groups in total. The standard InChI is InChI=1S/C22H21N3/c1-22(2,3)20-19-18(14-15-23-20)25(17-12-8-5-9-13-17)21(24-19)16-10-6-4-7-11-16/h4-15H,1-3H3. The van der Waals surface area contributed by atoms with Crippen LogP contribution in [0.3, 0.4) is 0 Å². The van der Waals surface area contributed by atoms with Gasteiger partial charge in [-0.1, -0.05) is 69.3 Å². The third-order valence-corrected chi connectivity index (χ3v) is 4.33. The zero-order valence-corrected chi connectivity index (χ0v) is 14.8. The molecule has 0 bridgehead atoms. The molecular formula is C22H21N3. The van der Waals surface area contributed by atoms with Crippen molar-refractivity contribution in [3.63, 3.8) is 0 Å². The van der Waals surface area contributed by atoms with Gasteiger partial charge in [-0.05, 0) is 18.2 Å². The summed E-state index contributed by atoms with van der Waals surface area (Å²) in [5.41, 5.74) is 5.22. The Labute approximate surface area is 148 Å². The van der Waals surface area contributed by atoms with Crippen LogP contribution in [0.25, 0.3) is 28.1 Å². The summed E-state index contributed by atoms with van der Waals surface area (Å²) in [6.45, 7) is 6.54. The van der Waals surface area contributed by atoms with Crippen LogP contribution in [0.4, 0.5) is 0 Å². The number of rotatable bonds is 2. The minimum atomic E-state index is -0.0661. The van der Waals surface area contributed by atoms with E-state index >= 15 is 0 Å². The van der Waals surface area contributed by atoms with Crippen molar-refractivity contribution in [1.82, 2.24) is 14.5 Å². The van der Waals surface area contributed by atoms with Crippen molar-refractivity contribution in [3.8, 4) is 17.1 Å². The van der Waals surface area contributed by atoms with Gasteiger partial charge in [0.15, 0.2) is 0 Å². The van der Waals surface area contributed by atoms with Gasteiger partial charge in [-0.25, -0.2) is 4.98 Å². The Morgan fingerprint density at radius 3 is 2.08 bits per heavy atom. The monoisotopic (exact) mass is 327 g/mol. The van der Waals surface area contributed by atoms with E-state index in [2.05, 4.69) is 72.8 Å². The fraction of sp³-hybridized carbons (Fsp3) is 0.182. The molecular weight excluding hydrogens is 306 g/mol. The highest BCUT2D eigenvalue weighted by molar-refractivity contribution is 5.85. The summed E-state index contributed by atoms with van der Waals surface area (Å²) in [5, 5.41) is 0. The number of para-hydroxylation sites is 1. The molecule has 0 fully saturated rings. The Bertz CT molecular complexity index is 1010. The Balaban J connectivity index is 2.10. The van der Waals surface area contributed by atoms with Crippen LogP contribution >= 0.6 is 0 Å². The van der Waals surface area contributed by atoms with E-state index in [0.717, 1.165) is 33.8 Å². The second-order valence-electron chi connectivity index (χ2n) is 7.25. The van der Waals surface area contributed by atoms with Gasteiger partial charge in [0.05, 0.1) is 11.2 Å². The van der Waals surface area contributed by atoms with Crippen molar-refractivity contribution in [2.75, 3.05) is 0 Å². The lowest BCUT2D eigenvalue weighted by molar-refractivity contribution is 0.574. The smallest absolute Gasteiger partial charge is 0.145 e. The molecule has 3 heteroatoms. The van der Waals surface area contributed by atoms with Crippen LogP contribution in [-0.2, 0) is 5.41 Å². The first-order chi connectivity index (χ1) is 12.1. The molecule has 0 aliphatic carbocycles. The summed E-state index contributed by atoms with van der Waals surface area (Å²) >= 11 is 0. The van der Waals surface area contributed by atoms with Gasteiger partial charge in [0.1, 0.15) is 11.3 Å². The van der Waals surface area contributed by atoms with Crippen LogP contribution in [-0.4, -0.2) is 14.5 Å². The largest absolute Gasteiger partial charge is 0.292 e. The third kappa shape index (κ3) is 2.72. The number of fused-ring (bicyclic) bond motifs is 1. The Morgan fingerprint density at radius 2 is 1.44 bits per heavy atom. The predicted octanol–water partition coefficient (Wildman–Crippen LogP) is 5.39. The molecule has 0 spiro atoms. The highest BCUT2D eigenvalue weighted by atomic mass is 15.1. The maximum Gasteiger partial charge on any atom is 0.145 e. The van der Waals surface area contributed by atoms with Gasteiger partial charge in [-0.3, -0.25) is 9.55 Å². The molecule has 0 radical (unpaired) electrons. The first-order valence-corrected chi connectivity index (χ1v) is 8.54. The fourth-order valence-corrected chi connectivity index (χ4v) is 3.17. The fourth-order valence-electron chi connectivity index (χ4n) is 3.17. The molecule has 0 unspecified atom stereocenters. The topological polar surface area (TPSA) is 30.7 Å². The molecule has 2 aromatic carbocycles. The molecule has 25 heavy (non-hydrogen) atoms. The lowest BCUT2D eigenvalue weighted by Gasteiger charge is -2.17. The van der Waals surface area contributed by atoms with Gasteiger partial charge in [0, 0.05) is 22.9 Å². The number of hydrogen-bond donors (Lipinski definition) is 0. The molecule has 0 amide bonds. The van der Waals surface area contributed by atoms with Crippen LogP contribution < -0.4 is 0 Å². The summed E-state index contributed by atoms with van der Waals surface area (Å²) in [7, 11) is 0. The zero-order valence-electron chi connectivity index (χ0n) is 14.8. The number of hydrogen-bond acceptors (Lipinski definition) is 2. The van der Waals surface area contributed by atoms with Crippen molar-refractivity contribution in [2.45, 2.75) is 26.2 Å². The molecule has 0 aliphatic rings. The highest BCUT2D eigenvalue weighted by Crippen LogP contribution is 2.33. The van der Waals surface area contributed by atoms with E-state index in [0.29, 0.717) is 0 Å². The molecule has 4 rings (SSSR count). The minimum absolute atomic E-state index is 0.0661. The lowest BCUT2D eigenvalue weighted by Crippen LogP contribution is -2.14. The maximum atomic E-state index is 5.03. The van der Waals surface area contributed by atoms with E-state index in [4.69, 9.17) is 4.98 Å². The van der Waals surface area contributed by atoms with Crippen LogP contribution in [0.2, 0.25) is 0 Å².